The van der Waals surface area contributed by atoms with E-state index < -0.39 is 21.7 Å². The molecule has 4 aromatic carbocycles. The molecule has 2 N–H and O–H groups in total. The molecule has 1 heterocycles. The van der Waals surface area contributed by atoms with E-state index in [-0.39, 0.29) is 16.1 Å². The maximum Gasteiger partial charge on any atom is 0.261 e. The Morgan fingerprint density at radius 3 is 2.39 bits per heavy atom. The van der Waals surface area contributed by atoms with Gasteiger partial charge in [-0.25, -0.2) is 17.8 Å². The summed E-state index contributed by atoms with van der Waals surface area (Å²) in [5, 5.41) is 3.69. The summed E-state index contributed by atoms with van der Waals surface area (Å²) in [6, 6.07) is 24.2. The molecule has 1 aromatic heterocycles. The van der Waals surface area contributed by atoms with Crippen LogP contribution in [0, 0.1) is 12.7 Å². The van der Waals surface area contributed by atoms with Crippen molar-refractivity contribution in [3.8, 4) is 10.6 Å². The Hall–Kier alpha value is -4.08. The molecule has 0 radical (unpaired) electrons. The summed E-state index contributed by atoms with van der Waals surface area (Å²) in [6.07, 6.45) is 0. The first-order valence-electron chi connectivity index (χ1n) is 10.9. The van der Waals surface area contributed by atoms with Gasteiger partial charge in [-0.1, -0.05) is 18.2 Å². The van der Waals surface area contributed by atoms with Gasteiger partial charge in [0.15, 0.2) is 0 Å². The Morgan fingerprint density at radius 1 is 0.917 bits per heavy atom. The molecule has 0 aliphatic carbocycles. The number of para-hydroxylation sites is 1. The topological polar surface area (TPSA) is 88.2 Å². The van der Waals surface area contributed by atoms with Crippen LogP contribution in [0.15, 0.2) is 95.9 Å². The lowest BCUT2D eigenvalue weighted by Gasteiger charge is -2.13. The lowest BCUT2D eigenvalue weighted by atomic mass is 10.1. The zero-order valence-electron chi connectivity index (χ0n) is 19.0. The van der Waals surface area contributed by atoms with Crippen LogP contribution >= 0.6 is 11.3 Å². The highest BCUT2D eigenvalue weighted by molar-refractivity contribution is 7.92. The number of fused-ring (bicyclic) bond motifs is 1. The molecule has 0 atom stereocenters. The molecule has 180 valence electrons. The van der Waals surface area contributed by atoms with Crippen molar-refractivity contribution in [1.29, 1.82) is 0 Å². The molecule has 9 heteroatoms. The number of hydrogen-bond donors (Lipinski definition) is 2. The molecule has 6 nitrogen and oxygen atoms in total. The number of aromatic nitrogens is 1. The number of carbonyl (C=O) groups excluding carboxylic acids is 1. The van der Waals surface area contributed by atoms with Gasteiger partial charge >= 0.3 is 0 Å². The van der Waals surface area contributed by atoms with Crippen molar-refractivity contribution < 1.29 is 17.6 Å². The standard InChI is InChI=1S/C27H20FN3O3S2/c1-17-6-15-24-25(16-17)35-27(30-24)18-7-11-20(12-8-18)29-26(32)22-4-2-3-5-23(22)31-36(33,34)21-13-9-19(28)10-14-21/h2-16,31H,1H3,(H,29,32). The number of carbonyl (C=O) groups is 1. The molecule has 5 rings (SSSR count). The summed E-state index contributed by atoms with van der Waals surface area (Å²) in [5.74, 6) is -1.02. The molecule has 0 unspecified atom stereocenters. The normalized spacial score (nSPS) is 11.4. The van der Waals surface area contributed by atoms with Crippen molar-refractivity contribution in [2.75, 3.05) is 10.0 Å². The third-order valence-corrected chi connectivity index (χ3v) is 7.92. The molecule has 0 fully saturated rings. The van der Waals surface area contributed by atoms with Crippen molar-refractivity contribution >= 4 is 48.9 Å². The van der Waals surface area contributed by atoms with Crippen LogP contribution in [0.1, 0.15) is 15.9 Å². The molecular weight excluding hydrogens is 497 g/mol. The van der Waals surface area contributed by atoms with E-state index in [1.807, 2.05) is 31.2 Å². The van der Waals surface area contributed by atoms with Crippen LogP contribution in [-0.4, -0.2) is 19.3 Å². The number of halogens is 1. The second kappa shape index (κ2) is 9.52. The van der Waals surface area contributed by atoms with E-state index in [0.717, 1.165) is 45.1 Å². The minimum atomic E-state index is -4.01. The fraction of sp³-hybridized carbons (Fsp3) is 0.0370. The minimum Gasteiger partial charge on any atom is -0.322 e. The predicted octanol–water partition coefficient (Wildman–Crippen LogP) is 6.46. The third kappa shape index (κ3) is 4.98. The number of amides is 1. The maximum absolute atomic E-state index is 13.2. The average Bonchev–Trinajstić information content (AvgIpc) is 3.28. The highest BCUT2D eigenvalue weighted by Crippen LogP contribution is 2.31. The van der Waals surface area contributed by atoms with Gasteiger partial charge in [-0.2, -0.15) is 0 Å². The van der Waals surface area contributed by atoms with Gasteiger partial charge in [0, 0.05) is 11.3 Å². The minimum absolute atomic E-state index is 0.111. The van der Waals surface area contributed by atoms with E-state index in [0.29, 0.717) is 5.69 Å². The Balaban J connectivity index is 1.34. The van der Waals surface area contributed by atoms with Crippen LogP contribution in [0.4, 0.5) is 15.8 Å². The number of thiazole rings is 1. The highest BCUT2D eigenvalue weighted by Gasteiger charge is 2.19. The summed E-state index contributed by atoms with van der Waals surface area (Å²) in [4.78, 5) is 17.6. The van der Waals surface area contributed by atoms with E-state index in [9.17, 15) is 17.6 Å². The second-order valence-corrected chi connectivity index (χ2v) is 10.8. The molecule has 36 heavy (non-hydrogen) atoms. The van der Waals surface area contributed by atoms with Gasteiger partial charge in [-0.15, -0.1) is 11.3 Å². The van der Waals surface area contributed by atoms with Crippen molar-refractivity contribution in [3.63, 3.8) is 0 Å². The number of benzene rings is 4. The van der Waals surface area contributed by atoms with Crippen LogP contribution in [0.5, 0.6) is 0 Å². The quantitative estimate of drug-likeness (QED) is 0.270. The zero-order chi connectivity index (χ0) is 25.3. The van der Waals surface area contributed by atoms with E-state index in [1.165, 1.54) is 17.7 Å². The number of rotatable bonds is 6. The maximum atomic E-state index is 13.2. The van der Waals surface area contributed by atoms with Crippen molar-refractivity contribution in [1.82, 2.24) is 4.98 Å². The predicted molar refractivity (Wildman–Crippen MR) is 141 cm³/mol. The van der Waals surface area contributed by atoms with Gasteiger partial charge in [-0.3, -0.25) is 9.52 Å². The highest BCUT2D eigenvalue weighted by atomic mass is 32.2. The van der Waals surface area contributed by atoms with Gasteiger partial charge in [0.1, 0.15) is 10.8 Å². The van der Waals surface area contributed by atoms with E-state index in [4.69, 9.17) is 0 Å². The lowest BCUT2D eigenvalue weighted by Crippen LogP contribution is -2.18. The third-order valence-electron chi connectivity index (χ3n) is 5.47. The SMILES string of the molecule is Cc1ccc2nc(-c3ccc(NC(=O)c4ccccc4NS(=O)(=O)c4ccc(F)cc4)cc3)sc2c1. The molecule has 0 spiro atoms. The molecule has 0 saturated heterocycles. The average molecular weight is 518 g/mol. The number of nitrogens with one attached hydrogen (secondary N) is 2. The van der Waals surface area contributed by atoms with Gasteiger partial charge in [0.25, 0.3) is 15.9 Å². The van der Waals surface area contributed by atoms with E-state index in [1.54, 1.807) is 35.6 Å². The number of aryl methyl sites for hydroxylation is 1. The van der Waals surface area contributed by atoms with Gasteiger partial charge in [0.05, 0.1) is 26.4 Å². The summed E-state index contributed by atoms with van der Waals surface area (Å²) in [7, 11) is -4.01. The fourth-order valence-electron chi connectivity index (χ4n) is 3.64. The number of hydrogen-bond acceptors (Lipinski definition) is 5. The number of nitrogens with zero attached hydrogens (tertiary/aromatic N) is 1. The van der Waals surface area contributed by atoms with Crippen LogP contribution in [0.25, 0.3) is 20.8 Å². The summed E-state index contributed by atoms with van der Waals surface area (Å²) in [5.41, 5.74) is 3.86. The number of sulfonamides is 1. The van der Waals surface area contributed by atoms with E-state index in [2.05, 4.69) is 21.1 Å². The van der Waals surface area contributed by atoms with Crippen molar-refractivity contribution in [2.45, 2.75) is 11.8 Å². The Kier molecular flexibility index (Phi) is 6.26. The molecule has 0 saturated carbocycles. The van der Waals surface area contributed by atoms with Gasteiger partial charge in [0.2, 0.25) is 0 Å². The molecule has 0 aliphatic rings. The van der Waals surface area contributed by atoms with Crippen LogP contribution in [0.3, 0.4) is 0 Å². The Labute approximate surface area is 211 Å². The van der Waals surface area contributed by atoms with Crippen molar-refractivity contribution in [3.05, 3.63) is 108 Å². The fourth-order valence-corrected chi connectivity index (χ4v) is 5.79. The van der Waals surface area contributed by atoms with Crippen LogP contribution in [-0.2, 0) is 10.0 Å². The Bertz CT molecular complexity index is 1680. The smallest absolute Gasteiger partial charge is 0.261 e. The molecule has 1 amide bonds. The van der Waals surface area contributed by atoms with Gasteiger partial charge in [-0.05, 0) is 85.3 Å². The molecule has 5 aromatic rings. The van der Waals surface area contributed by atoms with Gasteiger partial charge < -0.3 is 5.32 Å². The summed E-state index contributed by atoms with van der Waals surface area (Å²) < 4.78 is 42.2. The van der Waals surface area contributed by atoms with Crippen LogP contribution < -0.4 is 10.0 Å². The molecule has 0 aliphatic heterocycles. The molecular formula is C27H20FN3O3S2. The Morgan fingerprint density at radius 2 is 1.64 bits per heavy atom. The summed E-state index contributed by atoms with van der Waals surface area (Å²) >= 11 is 1.60. The molecule has 0 bridgehead atoms. The van der Waals surface area contributed by atoms with Crippen LogP contribution in [0.2, 0.25) is 0 Å². The second-order valence-electron chi connectivity index (χ2n) is 8.13. The number of anilines is 2. The first-order valence-corrected chi connectivity index (χ1v) is 13.2. The van der Waals surface area contributed by atoms with Crippen molar-refractivity contribution in [2.24, 2.45) is 0 Å². The zero-order valence-corrected chi connectivity index (χ0v) is 20.7. The monoisotopic (exact) mass is 517 g/mol. The lowest BCUT2D eigenvalue weighted by molar-refractivity contribution is 0.102. The van der Waals surface area contributed by atoms with E-state index >= 15 is 0 Å². The first kappa shape index (κ1) is 23.7. The summed E-state index contributed by atoms with van der Waals surface area (Å²) in [6.45, 7) is 2.04. The first-order chi connectivity index (χ1) is 17.3. The largest absolute Gasteiger partial charge is 0.322 e.